The molecular formula is C20H19N3O3S. The second-order valence-corrected chi connectivity index (χ2v) is 7.61. The predicted octanol–water partition coefficient (Wildman–Crippen LogP) is 2.49. The average molecular weight is 381 g/mol. The third-order valence-electron chi connectivity index (χ3n) is 3.89. The van der Waals surface area contributed by atoms with Gasteiger partial charge in [-0.2, -0.15) is 0 Å². The minimum Gasteiger partial charge on any atom is -0.348 e. The Morgan fingerprint density at radius 1 is 0.852 bits per heavy atom. The summed E-state index contributed by atoms with van der Waals surface area (Å²) in [6.45, 7) is 0.508. The van der Waals surface area contributed by atoms with Crippen LogP contribution in [0.1, 0.15) is 21.6 Å². The summed E-state index contributed by atoms with van der Waals surface area (Å²) in [6, 6.07) is 20.7. The van der Waals surface area contributed by atoms with Crippen LogP contribution in [0.15, 0.2) is 83.9 Å². The van der Waals surface area contributed by atoms with Gasteiger partial charge in [0.05, 0.1) is 17.1 Å². The molecule has 3 rings (SSSR count). The number of amides is 1. The Labute approximate surface area is 158 Å². The first-order valence-corrected chi connectivity index (χ1v) is 9.85. The molecule has 0 atom stereocenters. The van der Waals surface area contributed by atoms with Crippen molar-refractivity contribution in [3.05, 3.63) is 95.8 Å². The molecule has 0 saturated carbocycles. The highest BCUT2D eigenvalue weighted by Gasteiger charge is 2.15. The molecule has 1 heterocycles. The van der Waals surface area contributed by atoms with Crippen molar-refractivity contribution in [1.82, 2.24) is 15.0 Å². The number of benzene rings is 2. The monoisotopic (exact) mass is 381 g/mol. The molecule has 0 unspecified atom stereocenters. The van der Waals surface area contributed by atoms with E-state index in [1.165, 1.54) is 24.3 Å². The lowest BCUT2D eigenvalue weighted by Crippen LogP contribution is -2.24. The fourth-order valence-electron chi connectivity index (χ4n) is 2.42. The zero-order chi connectivity index (χ0) is 19.1. The van der Waals surface area contributed by atoms with E-state index >= 15 is 0 Å². The molecule has 27 heavy (non-hydrogen) atoms. The molecule has 0 fully saturated rings. The molecule has 2 aromatic carbocycles. The Balaban J connectivity index is 1.61. The molecular weight excluding hydrogens is 362 g/mol. The van der Waals surface area contributed by atoms with Gasteiger partial charge in [0.2, 0.25) is 10.0 Å². The molecule has 0 saturated heterocycles. The lowest BCUT2D eigenvalue weighted by Gasteiger charge is -2.08. The Morgan fingerprint density at radius 2 is 1.56 bits per heavy atom. The van der Waals surface area contributed by atoms with Gasteiger partial charge < -0.3 is 5.32 Å². The summed E-state index contributed by atoms with van der Waals surface area (Å²) in [5.74, 6) is -0.260. The van der Waals surface area contributed by atoms with Crippen molar-refractivity contribution in [3.63, 3.8) is 0 Å². The van der Waals surface area contributed by atoms with Crippen molar-refractivity contribution >= 4 is 15.9 Å². The highest BCUT2D eigenvalue weighted by molar-refractivity contribution is 7.89. The van der Waals surface area contributed by atoms with Gasteiger partial charge in [0.15, 0.2) is 0 Å². The molecule has 0 radical (unpaired) electrons. The molecule has 0 aliphatic carbocycles. The van der Waals surface area contributed by atoms with E-state index < -0.39 is 10.0 Å². The third-order valence-corrected chi connectivity index (χ3v) is 5.31. The molecule has 138 valence electrons. The molecule has 2 N–H and O–H groups in total. The summed E-state index contributed by atoms with van der Waals surface area (Å²) >= 11 is 0. The van der Waals surface area contributed by atoms with Crippen LogP contribution in [-0.2, 0) is 23.1 Å². The molecule has 3 aromatic rings. The minimum absolute atomic E-state index is 0.0954. The number of hydrogen-bond acceptors (Lipinski definition) is 4. The van der Waals surface area contributed by atoms with Crippen molar-refractivity contribution in [2.75, 3.05) is 0 Å². The Morgan fingerprint density at radius 3 is 2.22 bits per heavy atom. The first-order chi connectivity index (χ1) is 13.0. The van der Waals surface area contributed by atoms with Gasteiger partial charge in [-0.15, -0.1) is 0 Å². The van der Waals surface area contributed by atoms with Crippen molar-refractivity contribution in [3.8, 4) is 0 Å². The van der Waals surface area contributed by atoms with Gasteiger partial charge in [-0.3, -0.25) is 9.78 Å². The second-order valence-electron chi connectivity index (χ2n) is 5.84. The number of carbonyl (C=O) groups is 1. The van der Waals surface area contributed by atoms with Gasteiger partial charge >= 0.3 is 0 Å². The van der Waals surface area contributed by atoms with Crippen LogP contribution in [0.4, 0.5) is 0 Å². The van der Waals surface area contributed by atoms with Crippen molar-refractivity contribution in [1.29, 1.82) is 0 Å². The number of carbonyl (C=O) groups excluding carboxylic acids is 1. The Bertz CT molecular complexity index is 990. The SMILES string of the molecule is O=C(NCc1ccccc1)c1ccc(S(=O)(=O)NCc2ccccn2)cc1. The van der Waals surface area contributed by atoms with Gasteiger partial charge in [-0.05, 0) is 42.0 Å². The first-order valence-electron chi connectivity index (χ1n) is 8.36. The van der Waals surface area contributed by atoms with Crippen LogP contribution in [0.3, 0.4) is 0 Å². The van der Waals surface area contributed by atoms with E-state index in [1.54, 1.807) is 24.4 Å². The Kier molecular flexibility index (Phi) is 5.95. The van der Waals surface area contributed by atoms with Crippen LogP contribution in [0.5, 0.6) is 0 Å². The van der Waals surface area contributed by atoms with Crippen LogP contribution in [0, 0.1) is 0 Å². The summed E-state index contributed by atoms with van der Waals surface area (Å²) in [7, 11) is -3.68. The van der Waals surface area contributed by atoms with E-state index in [0.29, 0.717) is 17.8 Å². The highest BCUT2D eigenvalue weighted by Crippen LogP contribution is 2.11. The van der Waals surface area contributed by atoms with Gasteiger partial charge in [0.25, 0.3) is 5.91 Å². The Hall–Kier alpha value is -3.03. The largest absolute Gasteiger partial charge is 0.348 e. The summed E-state index contributed by atoms with van der Waals surface area (Å²) < 4.78 is 27.2. The maximum absolute atomic E-state index is 12.4. The smallest absolute Gasteiger partial charge is 0.251 e. The molecule has 1 amide bonds. The zero-order valence-corrected chi connectivity index (χ0v) is 15.3. The van der Waals surface area contributed by atoms with Crippen molar-refractivity contribution in [2.24, 2.45) is 0 Å². The summed E-state index contributed by atoms with van der Waals surface area (Å²) in [5, 5.41) is 2.81. The normalized spacial score (nSPS) is 11.1. The lowest BCUT2D eigenvalue weighted by atomic mass is 10.2. The molecule has 0 bridgehead atoms. The fraction of sp³-hybridized carbons (Fsp3) is 0.100. The number of rotatable bonds is 7. The van der Waals surface area contributed by atoms with Crippen LogP contribution in [0.2, 0.25) is 0 Å². The van der Waals surface area contributed by atoms with E-state index in [-0.39, 0.29) is 17.3 Å². The van der Waals surface area contributed by atoms with Crippen LogP contribution in [0.25, 0.3) is 0 Å². The molecule has 0 aliphatic heterocycles. The lowest BCUT2D eigenvalue weighted by molar-refractivity contribution is 0.0951. The summed E-state index contributed by atoms with van der Waals surface area (Å²) in [4.78, 5) is 16.4. The summed E-state index contributed by atoms with van der Waals surface area (Å²) in [5.41, 5.74) is 2.01. The highest BCUT2D eigenvalue weighted by atomic mass is 32.2. The van der Waals surface area contributed by atoms with Gasteiger partial charge in [0, 0.05) is 18.3 Å². The average Bonchev–Trinajstić information content (AvgIpc) is 2.72. The van der Waals surface area contributed by atoms with E-state index in [9.17, 15) is 13.2 Å². The number of pyridine rings is 1. The van der Waals surface area contributed by atoms with Crippen molar-refractivity contribution in [2.45, 2.75) is 18.0 Å². The third kappa shape index (κ3) is 5.22. The van der Waals surface area contributed by atoms with E-state index in [0.717, 1.165) is 5.56 Å². The van der Waals surface area contributed by atoms with Gasteiger partial charge in [-0.1, -0.05) is 36.4 Å². The standard InChI is InChI=1S/C20H19N3O3S/c24-20(22-14-16-6-2-1-3-7-16)17-9-11-19(12-10-17)27(25,26)23-15-18-8-4-5-13-21-18/h1-13,23H,14-15H2,(H,22,24). The molecule has 0 aliphatic rings. The van der Waals surface area contributed by atoms with Crippen molar-refractivity contribution < 1.29 is 13.2 Å². The van der Waals surface area contributed by atoms with E-state index in [4.69, 9.17) is 0 Å². The number of nitrogens with zero attached hydrogens (tertiary/aromatic N) is 1. The van der Waals surface area contributed by atoms with E-state index in [1.807, 2.05) is 30.3 Å². The molecule has 1 aromatic heterocycles. The first kappa shape index (κ1) is 18.8. The van der Waals surface area contributed by atoms with Gasteiger partial charge in [-0.25, -0.2) is 13.1 Å². The zero-order valence-electron chi connectivity index (χ0n) is 14.5. The number of hydrogen-bond donors (Lipinski definition) is 2. The van der Waals surface area contributed by atoms with Crippen LogP contribution < -0.4 is 10.0 Å². The predicted molar refractivity (Wildman–Crippen MR) is 102 cm³/mol. The fourth-order valence-corrected chi connectivity index (χ4v) is 3.42. The molecule has 0 spiro atoms. The molecule has 6 nitrogen and oxygen atoms in total. The summed E-state index contributed by atoms with van der Waals surface area (Å²) in [6.07, 6.45) is 1.60. The topological polar surface area (TPSA) is 88.2 Å². The quantitative estimate of drug-likeness (QED) is 0.658. The minimum atomic E-state index is -3.68. The maximum atomic E-state index is 12.4. The van der Waals surface area contributed by atoms with Crippen LogP contribution >= 0.6 is 0 Å². The second kappa shape index (κ2) is 8.57. The van der Waals surface area contributed by atoms with Crippen LogP contribution in [-0.4, -0.2) is 19.3 Å². The van der Waals surface area contributed by atoms with Gasteiger partial charge in [0.1, 0.15) is 0 Å². The number of aromatic nitrogens is 1. The number of sulfonamides is 1. The maximum Gasteiger partial charge on any atom is 0.251 e. The van der Waals surface area contributed by atoms with E-state index in [2.05, 4.69) is 15.0 Å². The molecule has 7 heteroatoms. The number of nitrogens with one attached hydrogen (secondary N) is 2.